The Kier molecular flexibility index (Phi) is 3.70. The largest absolute Gasteiger partial charge is 0.324 e. The predicted octanol–water partition coefficient (Wildman–Crippen LogP) is 2.79. The maximum absolute atomic E-state index is 8.67. The lowest BCUT2D eigenvalue weighted by Crippen LogP contribution is -2.08. The smallest absolute Gasteiger partial charge is 0.101 e. The normalized spacial score (nSPS) is 11.8. The molecule has 0 fully saturated rings. The van der Waals surface area contributed by atoms with Crippen LogP contribution in [0.25, 0.3) is 0 Å². The van der Waals surface area contributed by atoms with Crippen molar-refractivity contribution < 1.29 is 0 Å². The van der Waals surface area contributed by atoms with Gasteiger partial charge in [-0.2, -0.15) is 5.26 Å². The molecule has 0 saturated carbocycles. The number of nitrogens with zero attached hydrogens (tertiary/aromatic N) is 1. The molecule has 0 radical (unpaired) electrons. The van der Waals surface area contributed by atoms with E-state index in [0.29, 0.717) is 17.0 Å². The van der Waals surface area contributed by atoms with Crippen molar-refractivity contribution in [1.82, 2.24) is 0 Å². The van der Waals surface area contributed by atoms with Gasteiger partial charge >= 0.3 is 0 Å². The molecule has 0 aliphatic rings. The zero-order chi connectivity index (χ0) is 10.6. The van der Waals surface area contributed by atoms with Crippen molar-refractivity contribution in [1.29, 1.82) is 5.26 Å². The third-order valence-corrected chi connectivity index (χ3v) is 2.28. The van der Waals surface area contributed by atoms with Crippen LogP contribution >= 0.6 is 11.6 Å². The standard InChI is InChI=1S/C11H11ClN2/c1-2-3-11(14)8-4-5-9(7-13)10(12)6-8/h2,4-6,11H,1,3,14H2/t11-/m0/s1. The van der Waals surface area contributed by atoms with Crippen molar-refractivity contribution >= 4 is 11.6 Å². The lowest BCUT2D eigenvalue weighted by molar-refractivity contribution is 0.742. The summed E-state index contributed by atoms with van der Waals surface area (Å²) in [7, 11) is 0. The minimum atomic E-state index is -0.0993. The predicted molar refractivity (Wildman–Crippen MR) is 57.9 cm³/mol. The highest BCUT2D eigenvalue weighted by Gasteiger charge is 2.06. The van der Waals surface area contributed by atoms with Gasteiger partial charge in [0.1, 0.15) is 6.07 Å². The summed E-state index contributed by atoms with van der Waals surface area (Å²) in [5, 5.41) is 9.12. The van der Waals surface area contributed by atoms with Crippen LogP contribution < -0.4 is 5.73 Å². The van der Waals surface area contributed by atoms with Crippen LogP contribution in [0.4, 0.5) is 0 Å². The molecule has 1 rings (SSSR count). The first-order valence-corrected chi connectivity index (χ1v) is 4.63. The molecule has 0 spiro atoms. The summed E-state index contributed by atoms with van der Waals surface area (Å²) in [4.78, 5) is 0. The van der Waals surface area contributed by atoms with Crippen LogP contribution in [0.3, 0.4) is 0 Å². The van der Waals surface area contributed by atoms with Crippen molar-refractivity contribution in [3.05, 3.63) is 47.0 Å². The third kappa shape index (κ3) is 2.35. The fourth-order valence-corrected chi connectivity index (χ4v) is 1.40. The maximum Gasteiger partial charge on any atom is 0.101 e. The van der Waals surface area contributed by atoms with Gasteiger partial charge in [-0.05, 0) is 24.1 Å². The zero-order valence-electron chi connectivity index (χ0n) is 7.70. The molecular formula is C11H11ClN2. The molecule has 0 aromatic heterocycles. The van der Waals surface area contributed by atoms with Gasteiger partial charge in [0.15, 0.2) is 0 Å². The highest BCUT2D eigenvalue weighted by atomic mass is 35.5. The Labute approximate surface area is 88.6 Å². The summed E-state index contributed by atoms with van der Waals surface area (Å²) < 4.78 is 0. The van der Waals surface area contributed by atoms with E-state index in [2.05, 4.69) is 6.58 Å². The van der Waals surface area contributed by atoms with Crippen molar-refractivity contribution in [3.63, 3.8) is 0 Å². The molecule has 1 aromatic rings. The van der Waals surface area contributed by atoms with E-state index in [1.807, 2.05) is 12.1 Å². The van der Waals surface area contributed by atoms with E-state index in [-0.39, 0.29) is 6.04 Å². The molecule has 14 heavy (non-hydrogen) atoms. The summed E-state index contributed by atoms with van der Waals surface area (Å²) >= 11 is 5.87. The lowest BCUT2D eigenvalue weighted by Gasteiger charge is -2.09. The van der Waals surface area contributed by atoms with Gasteiger partial charge in [-0.1, -0.05) is 23.7 Å². The van der Waals surface area contributed by atoms with Gasteiger partial charge in [0.05, 0.1) is 10.6 Å². The Bertz CT molecular complexity index is 379. The van der Waals surface area contributed by atoms with Crippen LogP contribution in [0.5, 0.6) is 0 Å². The number of nitrogens with two attached hydrogens (primary N) is 1. The van der Waals surface area contributed by atoms with Crippen molar-refractivity contribution in [2.75, 3.05) is 0 Å². The summed E-state index contributed by atoms with van der Waals surface area (Å²) in [6, 6.07) is 7.13. The van der Waals surface area contributed by atoms with Crippen molar-refractivity contribution in [2.45, 2.75) is 12.5 Å². The van der Waals surface area contributed by atoms with Gasteiger partial charge in [-0.3, -0.25) is 0 Å². The van der Waals surface area contributed by atoms with Gasteiger partial charge in [-0.15, -0.1) is 6.58 Å². The average molecular weight is 207 g/mol. The van der Waals surface area contributed by atoms with Gasteiger partial charge in [0.2, 0.25) is 0 Å². The van der Waals surface area contributed by atoms with Crippen LogP contribution in [0.1, 0.15) is 23.6 Å². The number of rotatable bonds is 3. The summed E-state index contributed by atoms with van der Waals surface area (Å²) in [6.07, 6.45) is 2.46. The molecule has 0 heterocycles. The van der Waals surface area contributed by atoms with E-state index in [1.165, 1.54) is 0 Å². The molecule has 0 amide bonds. The maximum atomic E-state index is 8.67. The number of hydrogen-bond acceptors (Lipinski definition) is 2. The van der Waals surface area contributed by atoms with Gasteiger partial charge in [0.25, 0.3) is 0 Å². The topological polar surface area (TPSA) is 49.8 Å². The molecule has 2 N–H and O–H groups in total. The molecule has 72 valence electrons. The first kappa shape index (κ1) is 10.8. The molecule has 0 bridgehead atoms. The summed E-state index contributed by atoms with van der Waals surface area (Å²) in [5.41, 5.74) is 7.25. The SMILES string of the molecule is C=CC[C@H](N)c1ccc(C#N)c(Cl)c1. The van der Waals surface area contributed by atoms with E-state index in [4.69, 9.17) is 22.6 Å². The molecule has 0 aliphatic carbocycles. The fourth-order valence-electron chi connectivity index (χ4n) is 1.17. The monoisotopic (exact) mass is 206 g/mol. The molecular weight excluding hydrogens is 196 g/mol. The highest BCUT2D eigenvalue weighted by Crippen LogP contribution is 2.21. The Balaban J connectivity index is 2.97. The van der Waals surface area contributed by atoms with E-state index in [9.17, 15) is 0 Å². The summed E-state index contributed by atoms with van der Waals surface area (Å²) in [6.45, 7) is 3.62. The quantitative estimate of drug-likeness (QED) is 0.774. The summed E-state index contributed by atoms with van der Waals surface area (Å²) in [5.74, 6) is 0. The first-order valence-electron chi connectivity index (χ1n) is 4.25. The van der Waals surface area contributed by atoms with Crippen molar-refractivity contribution in [2.24, 2.45) is 5.73 Å². The van der Waals surface area contributed by atoms with Crippen LogP contribution in [0.2, 0.25) is 5.02 Å². The van der Waals surface area contributed by atoms with E-state index >= 15 is 0 Å². The molecule has 0 aliphatic heterocycles. The second-order valence-electron chi connectivity index (χ2n) is 2.98. The molecule has 1 atom stereocenters. The zero-order valence-corrected chi connectivity index (χ0v) is 8.46. The number of nitriles is 1. The average Bonchev–Trinajstić information content (AvgIpc) is 2.18. The molecule has 0 saturated heterocycles. The van der Waals surface area contributed by atoms with Gasteiger partial charge in [0, 0.05) is 6.04 Å². The van der Waals surface area contributed by atoms with Crippen LogP contribution in [0.15, 0.2) is 30.9 Å². The van der Waals surface area contributed by atoms with E-state index in [1.54, 1.807) is 18.2 Å². The van der Waals surface area contributed by atoms with E-state index in [0.717, 1.165) is 5.56 Å². The Morgan fingerprint density at radius 1 is 1.64 bits per heavy atom. The van der Waals surface area contributed by atoms with Crippen LogP contribution in [-0.2, 0) is 0 Å². The fraction of sp³-hybridized carbons (Fsp3) is 0.182. The van der Waals surface area contributed by atoms with Crippen LogP contribution in [-0.4, -0.2) is 0 Å². The third-order valence-electron chi connectivity index (χ3n) is 1.96. The molecule has 1 aromatic carbocycles. The number of hydrogen-bond donors (Lipinski definition) is 1. The minimum absolute atomic E-state index is 0.0993. The van der Waals surface area contributed by atoms with E-state index < -0.39 is 0 Å². The lowest BCUT2D eigenvalue weighted by atomic mass is 10.0. The number of benzene rings is 1. The van der Waals surface area contributed by atoms with Gasteiger partial charge in [-0.25, -0.2) is 0 Å². The highest BCUT2D eigenvalue weighted by molar-refractivity contribution is 6.31. The first-order chi connectivity index (χ1) is 6.69. The van der Waals surface area contributed by atoms with Crippen molar-refractivity contribution in [3.8, 4) is 6.07 Å². The second kappa shape index (κ2) is 4.80. The molecule has 2 nitrogen and oxygen atoms in total. The number of halogens is 1. The van der Waals surface area contributed by atoms with Crippen LogP contribution in [0, 0.1) is 11.3 Å². The Morgan fingerprint density at radius 3 is 2.86 bits per heavy atom. The van der Waals surface area contributed by atoms with Gasteiger partial charge < -0.3 is 5.73 Å². The molecule has 0 unspecified atom stereocenters. The minimum Gasteiger partial charge on any atom is -0.324 e. The Morgan fingerprint density at radius 2 is 2.36 bits per heavy atom. The molecule has 3 heteroatoms. The second-order valence-corrected chi connectivity index (χ2v) is 3.39. The Hall–Kier alpha value is -1.30.